The highest BCUT2D eigenvalue weighted by Gasteiger charge is 2.20. The maximum Gasteiger partial charge on any atom is 0.234 e. The van der Waals surface area contributed by atoms with E-state index in [9.17, 15) is 9.18 Å². The van der Waals surface area contributed by atoms with Gasteiger partial charge in [0.15, 0.2) is 0 Å². The Morgan fingerprint density at radius 1 is 1.30 bits per heavy atom. The Bertz CT molecular complexity index is 473. The average Bonchev–Trinajstić information content (AvgIpc) is 2.56. The van der Waals surface area contributed by atoms with E-state index < -0.39 is 0 Å². The van der Waals surface area contributed by atoms with Crippen molar-refractivity contribution in [1.29, 1.82) is 0 Å². The topological polar surface area (TPSA) is 53.6 Å². The third-order valence-electron chi connectivity index (χ3n) is 4.04. The van der Waals surface area contributed by atoms with Crippen molar-refractivity contribution in [3.63, 3.8) is 0 Å². The predicted molar refractivity (Wildman–Crippen MR) is 87.6 cm³/mol. The number of halogens is 1. The molecule has 0 bridgehead atoms. The normalized spacial score (nSPS) is 16.4. The molecule has 2 rings (SSSR count). The van der Waals surface area contributed by atoms with Crippen LogP contribution in [0.3, 0.4) is 0 Å². The molecule has 1 aliphatic heterocycles. The van der Waals surface area contributed by atoms with Crippen LogP contribution in [0.2, 0.25) is 0 Å². The van der Waals surface area contributed by atoms with Crippen LogP contribution < -0.4 is 10.6 Å². The summed E-state index contributed by atoms with van der Waals surface area (Å²) >= 11 is 0. The van der Waals surface area contributed by atoms with Gasteiger partial charge in [-0.3, -0.25) is 9.69 Å². The Labute approximate surface area is 137 Å². The SMILES string of the molecule is COCCNCC(=O)NC1CCN(Cc2ccc(F)cc2)CC1. The van der Waals surface area contributed by atoms with Gasteiger partial charge in [0, 0.05) is 39.3 Å². The first-order valence-corrected chi connectivity index (χ1v) is 8.13. The maximum absolute atomic E-state index is 12.9. The number of nitrogens with zero attached hydrogens (tertiary/aromatic N) is 1. The van der Waals surface area contributed by atoms with E-state index in [1.165, 1.54) is 12.1 Å². The molecule has 0 saturated carbocycles. The fraction of sp³-hybridized carbons (Fsp3) is 0.588. The number of nitrogens with one attached hydrogen (secondary N) is 2. The zero-order chi connectivity index (χ0) is 16.5. The lowest BCUT2D eigenvalue weighted by Gasteiger charge is -2.32. The molecule has 0 radical (unpaired) electrons. The number of rotatable bonds is 8. The van der Waals surface area contributed by atoms with E-state index in [-0.39, 0.29) is 17.8 Å². The van der Waals surface area contributed by atoms with E-state index in [0.29, 0.717) is 19.7 Å². The van der Waals surface area contributed by atoms with Crippen molar-refractivity contribution >= 4 is 5.91 Å². The highest BCUT2D eigenvalue weighted by Crippen LogP contribution is 2.14. The highest BCUT2D eigenvalue weighted by molar-refractivity contribution is 5.78. The van der Waals surface area contributed by atoms with Crippen LogP contribution in [0, 0.1) is 5.82 Å². The zero-order valence-corrected chi connectivity index (χ0v) is 13.7. The highest BCUT2D eigenvalue weighted by atomic mass is 19.1. The van der Waals surface area contributed by atoms with Crippen LogP contribution >= 0.6 is 0 Å². The summed E-state index contributed by atoms with van der Waals surface area (Å²) in [4.78, 5) is 14.2. The molecule has 5 nitrogen and oxygen atoms in total. The number of likely N-dealkylation sites (tertiary alicyclic amines) is 1. The summed E-state index contributed by atoms with van der Waals surface area (Å²) in [6, 6.07) is 6.90. The molecule has 0 aromatic heterocycles. The number of ether oxygens (including phenoxy) is 1. The first kappa shape index (κ1) is 17.8. The monoisotopic (exact) mass is 323 g/mol. The van der Waals surface area contributed by atoms with Gasteiger partial charge in [0.05, 0.1) is 13.2 Å². The Morgan fingerprint density at radius 2 is 2.00 bits per heavy atom. The molecule has 128 valence electrons. The van der Waals surface area contributed by atoms with Crippen LogP contribution in [0.4, 0.5) is 4.39 Å². The van der Waals surface area contributed by atoms with Crippen LogP contribution in [0.25, 0.3) is 0 Å². The number of carbonyl (C=O) groups is 1. The second-order valence-corrected chi connectivity index (χ2v) is 5.91. The van der Waals surface area contributed by atoms with Gasteiger partial charge < -0.3 is 15.4 Å². The van der Waals surface area contributed by atoms with Crippen molar-refractivity contribution in [3.8, 4) is 0 Å². The smallest absolute Gasteiger partial charge is 0.234 e. The third-order valence-corrected chi connectivity index (χ3v) is 4.04. The van der Waals surface area contributed by atoms with E-state index in [1.807, 2.05) is 12.1 Å². The Hall–Kier alpha value is -1.50. The average molecular weight is 323 g/mol. The minimum atomic E-state index is -0.200. The summed E-state index contributed by atoms with van der Waals surface area (Å²) < 4.78 is 17.8. The maximum atomic E-state index is 12.9. The Balaban J connectivity index is 1.63. The lowest BCUT2D eigenvalue weighted by atomic mass is 10.0. The summed E-state index contributed by atoms with van der Waals surface area (Å²) in [5, 5.41) is 6.11. The lowest BCUT2D eigenvalue weighted by Crippen LogP contribution is -2.46. The molecule has 1 aromatic rings. The minimum Gasteiger partial charge on any atom is -0.383 e. The number of hydrogen-bond acceptors (Lipinski definition) is 4. The summed E-state index contributed by atoms with van der Waals surface area (Å²) in [6.07, 6.45) is 1.90. The largest absolute Gasteiger partial charge is 0.383 e. The van der Waals surface area contributed by atoms with Crippen molar-refractivity contribution in [1.82, 2.24) is 15.5 Å². The van der Waals surface area contributed by atoms with Crippen molar-refractivity contribution < 1.29 is 13.9 Å². The van der Waals surface area contributed by atoms with Gasteiger partial charge in [-0.1, -0.05) is 12.1 Å². The second-order valence-electron chi connectivity index (χ2n) is 5.91. The number of carbonyl (C=O) groups excluding carboxylic acids is 1. The van der Waals surface area contributed by atoms with Gasteiger partial charge in [-0.25, -0.2) is 4.39 Å². The lowest BCUT2D eigenvalue weighted by molar-refractivity contribution is -0.121. The van der Waals surface area contributed by atoms with Gasteiger partial charge in [-0.15, -0.1) is 0 Å². The summed E-state index contributed by atoms with van der Waals surface area (Å²) in [6.45, 7) is 4.34. The third kappa shape index (κ3) is 6.64. The predicted octanol–water partition coefficient (Wildman–Crippen LogP) is 1.14. The molecule has 23 heavy (non-hydrogen) atoms. The Kier molecular flexibility index (Phi) is 7.45. The first-order chi connectivity index (χ1) is 11.2. The molecule has 0 spiro atoms. The van der Waals surface area contributed by atoms with E-state index in [0.717, 1.165) is 38.0 Å². The van der Waals surface area contributed by atoms with Gasteiger partial charge >= 0.3 is 0 Å². The standard InChI is InChI=1S/C17H26FN3O2/c1-23-11-8-19-12-17(22)20-16-6-9-21(10-7-16)13-14-2-4-15(18)5-3-14/h2-5,16,19H,6-13H2,1H3,(H,20,22). The number of amides is 1. The quantitative estimate of drug-likeness (QED) is 0.705. The summed E-state index contributed by atoms with van der Waals surface area (Å²) in [7, 11) is 1.64. The Morgan fingerprint density at radius 3 is 2.65 bits per heavy atom. The number of hydrogen-bond donors (Lipinski definition) is 2. The molecular weight excluding hydrogens is 297 g/mol. The van der Waals surface area contributed by atoms with Crippen LogP contribution in [0.5, 0.6) is 0 Å². The van der Waals surface area contributed by atoms with Crippen LogP contribution in [-0.2, 0) is 16.1 Å². The van der Waals surface area contributed by atoms with E-state index in [2.05, 4.69) is 15.5 Å². The van der Waals surface area contributed by atoms with Gasteiger partial charge in [-0.05, 0) is 30.5 Å². The number of methoxy groups -OCH3 is 1. The van der Waals surface area contributed by atoms with Gasteiger partial charge in [0.1, 0.15) is 5.82 Å². The molecule has 1 saturated heterocycles. The van der Waals surface area contributed by atoms with Crippen molar-refractivity contribution in [2.45, 2.75) is 25.4 Å². The summed E-state index contributed by atoms with van der Waals surface area (Å²) in [5.74, 6) is -0.160. The zero-order valence-electron chi connectivity index (χ0n) is 13.7. The fourth-order valence-electron chi connectivity index (χ4n) is 2.74. The second kappa shape index (κ2) is 9.60. The van der Waals surface area contributed by atoms with Crippen LogP contribution in [0.15, 0.2) is 24.3 Å². The van der Waals surface area contributed by atoms with E-state index >= 15 is 0 Å². The van der Waals surface area contributed by atoms with E-state index in [1.54, 1.807) is 7.11 Å². The molecule has 1 amide bonds. The fourth-order valence-corrected chi connectivity index (χ4v) is 2.74. The molecule has 0 atom stereocenters. The molecule has 1 fully saturated rings. The van der Waals surface area contributed by atoms with Gasteiger partial charge in [0.2, 0.25) is 5.91 Å². The number of benzene rings is 1. The molecule has 6 heteroatoms. The van der Waals surface area contributed by atoms with Crippen molar-refractivity contribution in [3.05, 3.63) is 35.6 Å². The molecule has 1 aromatic carbocycles. The first-order valence-electron chi connectivity index (χ1n) is 8.13. The molecule has 2 N–H and O–H groups in total. The van der Waals surface area contributed by atoms with Crippen molar-refractivity contribution in [2.75, 3.05) is 39.9 Å². The summed E-state index contributed by atoms with van der Waals surface area (Å²) in [5.41, 5.74) is 1.12. The number of piperidine rings is 1. The minimum absolute atomic E-state index is 0.0399. The van der Waals surface area contributed by atoms with Crippen molar-refractivity contribution in [2.24, 2.45) is 0 Å². The van der Waals surface area contributed by atoms with E-state index in [4.69, 9.17) is 4.74 Å². The van der Waals surface area contributed by atoms with Crippen LogP contribution in [-0.4, -0.2) is 56.7 Å². The molecular formula is C17H26FN3O2. The van der Waals surface area contributed by atoms with Gasteiger partial charge in [-0.2, -0.15) is 0 Å². The van der Waals surface area contributed by atoms with Crippen LogP contribution in [0.1, 0.15) is 18.4 Å². The van der Waals surface area contributed by atoms with Gasteiger partial charge in [0.25, 0.3) is 0 Å². The molecule has 1 heterocycles. The molecule has 0 unspecified atom stereocenters. The molecule has 1 aliphatic rings. The molecule has 0 aliphatic carbocycles.